The van der Waals surface area contributed by atoms with Crippen molar-refractivity contribution in [2.75, 3.05) is 11.5 Å². The van der Waals surface area contributed by atoms with Crippen LogP contribution in [0.25, 0.3) is 0 Å². The van der Waals surface area contributed by atoms with Crippen molar-refractivity contribution in [2.24, 2.45) is 0 Å². The van der Waals surface area contributed by atoms with Gasteiger partial charge in [-0.3, -0.25) is 0 Å². The predicted molar refractivity (Wildman–Crippen MR) is 47.4 cm³/mol. The van der Waals surface area contributed by atoms with Crippen LogP contribution in [0, 0.1) is 0 Å². The van der Waals surface area contributed by atoms with Gasteiger partial charge in [0.1, 0.15) is 0 Å². The molecule has 1 saturated heterocycles. The summed E-state index contributed by atoms with van der Waals surface area (Å²) < 4.78 is 0. The fourth-order valence-corrected chi connectivity index (χ4v) is 2.59. The van der Waals surface area contributed by atoms with E-state index in [1.165, 1.54) is 24.3 Å². The van der Waals surface area contributed by atoms with Crippen LogP contribution in [0.4, 0.5) is 5.95 Å². The van der Waals surface area contributed by atoms with Crippen LogP contribution in [0.2, 0.25) is 0 Å². The number of aromatic amines is 1. The topological polar surface area (TPSA) is 54.7 Å². The van der Waals surface area contributed by atoms with Gasteiger partial charge in [0.25, 0.3) is 0 Å². The fourth-order valence-electron chi connectivity index (χ4n) is 1.34. The normalized spacial score (nSPS) is 24.2. The SMILES string of the molecule is Nc1ncc(C2CCCS2)[nH]1. The first-order valence-corrected chi connectivity index (χ1v) is 4.83. The third kappa shape index (κ3) is 1.35. The maximum atomic E-state index is 5.47. The van der Waals surface area contributed by atoms with Crippen LogP contribution < -0.4 is 5.73 Å². The van der Waals surface area contributed by atoms with E-state index in [0.717, 1.165) is 0 Å². The van der Waals surface area contributed by atoms with Gasteiger partial charge in [0, 0.05) is 10.9 Å². The number of thioether (sulfide) groups is 1. The van der Waals surface area contributed by atoms with Gasteiger partial charge in [0.05, 0.1) is 6.20 Å². The largest absolute Gasteiger partial charge is 0.369 e. The molecule has 1 fully saturated rings. The standard InChI is InChI=1S/C7H11N3S/c8-7-9-4-5(10-7)6-2-1-3-11-6/h4,6H,1-3H2,(H3,8,9,10). The summed E-state index contributed by atoms with van der Waals surface area (Å²) in [5, 5.41) is 0.611. The summed E-state index contributed by atoms with van der Waals surface area (Å²) in [4.78, 5) is 7.03. The van der Waals surface area contributed by atoms with Gasteiger partial charge in [0.2, 0.25) is 0 Å². The average Bonchev–Trinajstić information content (AvgIpc) is 2.55. The lowest BCUT2D eigenvalue weighted by atomic mass is 10.2. The Morgan fingerprint density at radius 2 is 2.64 bits per heavy atom. The quantitative estimate of drug-likeness (QED) is 0.670. The Bertz CT molecular complexity index is 240. The molecule has 60 valence electrons. The molecule has 2 heterocycles. The number of imidazole rings is 1. The number of aromatic nitrogens is 2. The molecule has 1 aromatic rings. The molecule has 0 radical (unpaired) electrons. The van der Waals surface area contributed by atoms with Gasteiger partial charge in [-0.25, -0.2) is 4.98 Å². The Hall–Kier alpha value is -0.640. The van der Waals surface area contributed by atoms with E-state index in [2.05, 4.69) is 9.97 Å². The van der Waals surface area contributed by atoms with Crippen molar-refractivity contribution >= 4 is 17.7 Å². The maximum absolute atomic E-state index is 5.47. The Morgan fingerprint density at radius 3 is 3.18 bits per heavy atom. The second-order valence-electron chi connectivity index (χ2n) is 2.73. The highest BCUT2D eigenvalue weighted by molar-refractivity contribution is 7.99. The molecule has 0 amide bonds. The van der Waals surface area contributed by atoms with E-state index in [9.17, 15) is 0 Å². The molecule has 1 atom stereocenters. The molecule has 0 aromatic carbocycles. The van der Waals surface area contributed by atoms with Crippen LogP contribution >= 0.6 is 11.8 Å². The van der Waals surface area contributed by atoms with E-state index in [4.69, 9.17) is 5.73 Å². The second kappa shape index (κ2) is 2.77. The van der Waals surface area contributed by atoms with Gasteiger partial charge in [-0.2, -0.15) is 11.8 Å². The minimum Gasteiger partial charge on any atom is -0.369 e. The van der Waals surface area contributed by atoms with Crippen molar-refractivity contribution in [1.82, 2.24) is 9.97 Å². The Morgan fingerprint density at radius 1 is 1.73 bits per heavy atom. The minimum atomic E-state index is 0.535. The lowest BCUT2D eigenvalue weighted by molar-refractivity contribution is 0.812. The summed E-state index contributed by atoms with van der Waals surface area (Å²) in [7, 11) is 0. The molecule has 3 N–H and O–H groups in total. The van der Waals surface area contributed by atoms with Crippen LogP contribution in [-0.2, 0) is 0 Å². The van der Waals surface area contributed by atoms with Gasteiger partial charge >= 0.3 is 0 Å². The molecule has 1 aliphatic rings. The van der Waals surface area contributed by atoms with Crippen LogP contribution in [0.1, 0.15) is 23.8 Å². The van der Waals surface area contributed by atoms with E-state index in [1.807, 2.05) is 18.0 Å². The van der Waals surface area contributed by atoms with Gasteiger partial charge < -0.3 is 10.7 Å². The summed E-state index contributed by atoms with van der Waals surface area (Å²) in [6.45, 7) is 0. The number of anilines is 1. The van der Waals surface area contributed by atoms with Crippen molar-refractivity contribution < 1.29 is 0 Å². The van der Waals surface area contributed by atoms with E-state index in [-0.39, 0.29) is 0 Å². The molecule has 1 unspecified atom stereocenters. The zero-order valence-electron chi connectivity index (χ0n) is 6.21. The molecular weight excluding hydrogens is 158 g/mol. The van der Waals surface area contributed by atoms with Crippen LogP contribution in [0.3, 0.4) is 0 Å². The lowest BCUT2D eigenvalue weighted by Gasteiger charge is -2.02. The van der Waals surface area contributed by atoms with Crippen molar-refractivity contribution in [3.05, 3.63) is 11.9 Å². The third-order valence-electron chi connectivity index (χ3n) is 1.89. The fraction of sp³-hybridized carbons (Fsp3) is 0.571. The minimum absolute atomic E-state index is 0.535. The summed E-state index contributed by atoms with van der Waals surface area (Å²) >= 11 is 1.98. The van der Waals surface area contributed by atoms with Crippen LogP contribution in [0.15, 0.2) is 6.20 Å². The van der Waals surface area contributed by atoms with Crippen molar-refractivity contribution in [3.8, 4) is 0 Å². The first-order chi connectivity index (χ1) is 5.36. The molecular formula is C7H11N3S. The third-order valence-corrected chi connectivity index (χ3v) is 3.31. The number of nitrogens with zero attached hydrogens (tertiary/aromatic N) is 1. The monoisotopic (exact) mass is 169 g/mol. The summed E-state index contributed by atoms with van der Waals surface area (Å²) in [5.74, 6) is 1.80. The number of hydrogen-bond acceptors (Lipinski definition) is 3. The van der Waals surface area contributed by atoms with Crippen LogP contribution in [-0.4, -0.2) is 15.7 Å². The van der Waals surface area contributed by atoms with Gasteiger partial charge in [-0.1, -0.05) is 0 Å². The van der Waals surface area contributed by atoms with Gasteiger partial charge in [-0.05, 0) is 18.6 Å². The number of nitrogens with one attached hydrogen (secondary N) is 1. The summed E-state index contributed by atoms with van der Waals surface area (Å²) in [5.41, 5.74) is 6.66. The zero-order valence-corrected chi connectivity index (χ0v) is 7.03. The van der Waals surface area contributed by atoms with Crippen molar-refractivity contribution in [3.63, 3.8) is 0 Å². The molecule has 0 saturated carbocycles. The molecule has 2 rings (SSSR count). The molecule has 0 bridgehead atoms. The van der Waals surface area contributed by atoms with E-state index < -0.39 is 0 Å². The number of rotatable bonds is 1. The first kappa shape index (κ1) is 7.03. The predicted octanol–water partition coefficient (Wildman–Crippen LogP) is 1.56. The highest BCUT2D eigenvalue weighted by atomic mass is 32.2. The zero-order chi connectivity index (χ0) is 7.68. The average molecular weight is 169 g/mol. The molecule has 0 aliphatic carbocycles. The highest BCUT2D eigenvalue weighted by Gasteiger charge is 2.18. The lowest BCUT2D eigenvalue weighted by Crippen LogP contribution is -1.90. The van der Waals surface area contributed by atoms with Crippen molar-refractivity contribution in [1.29, 1.82) is 0 Å². The molecule has 0 spiro atoms. The number of nitrogens with two attached hydrogens (primary N) is 1. The number of H-pyrrole nitrogens is 1. The molecule has 1 aliphatic heterocycles. The first-order valence-electron chi connectivity index (χ1n) is 3.78. The van der Waals surface area contributed by atoms with E-state index in [1.54, 1.807) is 0 Å². The maximum Gasteiger partial charge on any atom is 0.197 e. The Kier molecular flexibility index (Phi) is 1.77. The Labute approximate surface area is 69.8 Å². The number of nitrogen functional groups attached to an aromatic ring is 1. The molecule has 4 heteroatoms. The van der Waals surface area contributed by atoms with E-state index >= 15 is 0 Å². The molecule has 1 aromatic heterocycles. The Balaban J connectivity index is 2.15. The van der Waals surface area contributed by atoms with Gasteiger partial charge in [-0.15, -0.1) is 0 Å². The molecule has 3 nitrogen and oxygen atoms in total. The van der Waals surface area contributed by atoms with E-state index in [0.29, 0.717) is 11.2 Å². The summed E-state index contributed by atoms with van der Waals surface area (Å²) in [6.07, 6.45) is 4.42. The van der Waals surface area contributed by atoms with Gasteiger partial charge in [0.15, 0.2) is 5.95 Å². The molecule has 11 heavy (non-hydrogen) atoms. The highest BCUT2D eigenvalue weighted by Crippen LogP contribution is 2.38. The van der Waals surface area contributed by atoms with Crippen LogP contribution in [0.5, 0.6) is 0 Å². The smallest absolute Gasteiger partial charge is 0.197 e. The van der Waals surface area contributed by atoms with Crippen molar-refractivity contribution in [2.45, 2.75) is 18.1 Å². The summed E-state index contributed by atoms with van der Waals surface area (Å²) in [6, 6.07) is 0. The number of hydrogen-bond donors (Lipinski definition) is 2. The second-order valence-corrected chi connectivity index (χ2v) is 4.04.